The van der Waals surface area contributed by atoms with Gasteiger partial charge < -0.3 is 14.6 Å². The van der Waals surface area contributed by atoms with Crippen molar-refractivity contribution in [2.75, 3.05) is 6.61 Å². The Morgan fingerprint density at radius 2 is 2.31 bits per heavy atom. The number of carbonyl (C=O) groups excluding carboxylic acids is 1. The summed E-state index contributed by atoms with van der Waals surface area (Å²) in [6.07, 6.45) is -0.998. The van der Waals surface area contributed by atoms with Crippen LogP contribution in [0.4, 0.5) is 0 Å². The van der Waals surface area contributed by atoms with Gasteiger partial charge in [-0.25, -0.2) is 0 Å². The average molecular weight is 188 g/mol. The minimum atomic E-state index is -0.751. The molecule has 1 heterocycles. The topological polar surface area (TPSA) is 55.8 Å². The first-order valence-corrected chi connectivity index (χ1v) is 4.40. The number of aliphatic hydroxyl groups excluding tert-OH is 1. The Hall–Kier alpha value is -0.450. The smallest absolute Gasteiger partial charge is 0.163 e. The molecule has 0 amide bonds. The van der Waals surface area contributed by atoms with Crippen molar-refractivity contribution in [3.05, 3.63) is 0 Å². The SMILES string of the molecule is CC(=O)CC(O)[C@H]1COC(C)(C)O1. The van der Waals surface area contributed by atoms with E-state index in [4.69, 9.17) is 9.47 Å². The molecule has 13 heavy (non-hydrogen) atoms. The lowest BCUT2D eigenvalue weighted by Crippen LogP contribution is -2.31. The van der Waals surface area contributed by atoms with Crippen LogP contribution in [0.5, 0.6) is 0 Å². The van der Waals surface area contributed by atoms with E-state index in [9.17, 15) is 9.90 Å². The van der Waals surface area contributed by atoms with E-state index in [2.05, 4.69) is 0 Å². The second kappa shape index (κ2) is 3.74. The van der Waals surface area contributed by atoms with E-state index in [1.807, 2.05) is 0 Å². The van der Waals surface area contributed by atoms with Crippen LogP contribution in [-0.2, 0) is 14.3 Å². The molecule has 1 N–H and O–H groups in total. The maximum absolute atomic E-state index is 10.7. The number of carbonyl (C=O) groups is 1. The van der Waals surface area contributed by atoms with Crippen LogP contribution in [0, 0.1) is 0 Å². The van der Waals surface area contributed by atoms with Crippen molar-refractivity contribution in [2.45, 2.75) is 45.2 Å². The van der Waals surface area contributed by atoms with Crippen molar-refractivity contribution < 1.29 is 19.4 Å². The first kappa shape index (κ1) is 10.6. The molecule has 0 aromatic rings. The average Bonchev–Trinajstić information content (AvgIpc) is 2.28. The lowest BCUT2D eigenvalue weighted by molar-refractivity contribution is -0.153. The van der Waals surface area contributed by atoms with Gasteiger partial charge in [-0.05, 0) is 20.8 Å². The van der Waals surface area contributed by atoms with Crippen LogP contribution in [-0.4, -0.2) is 35.5 Å². The third-order valence-electron chi connectivity index (χ3n) is 1.96. The van der Waals surface area contributed by atoms with Crippen molar-refractivity contribution in [3.63, 3.8) is 0 Å². The van der Waals surface area contributed by atoms with Gasteiger partial charge >= 0.3 is 0 Å². The third-order valence-corrected chi connectivity index (χ3v) is 1.96. The quantitative estimate of drug-likeness (QED) is 0.699. The molecular weight excluding hydrogens is 172 g/mol. The highest BCUT2D eigenvalue weighted by molar-refractivity contribution is 5.76. The summed E-state index contributed by atoms with van der Waals surface area (Å²) >= 11 is 0. The van der Waals surface area contributed by atoms with E-state index in [1.165, 1.54) is 6.92 Å². The zero-order chi connectivity index (χ0) is 10.1. The highest BCUT2D eigenvalue weighted by Gasteiger charge is 2.36. The number of ether oxygens (including phenoxy) is 2. The fourth-order valence-electron chi connectivity index (χ4n) is 1.33. The molecule has 4 heteroatoms. The van der Waals surface area contributed by atoms with E-state index >= 15 is 0 Å². The predicted molar refractivity (Wildman–Crippen MR) is 46.2 cm³/mol. The minimum absolute atomic E-state index is 0.0409. The molecular formula is C9H16O4. The Labute approximate surface area is 77.8 Å². The van der Waals surface area contributed by atoms with Crippen LogP contribution < -0.4 is 0 Å². The maximum Gasteiger partial charge on any atom is 0.163 e. The van der Waals surface area contributed by atoms with E-state index < -0.39 is 11.9 Å². The summed E-state index contributed by atoms with van der Waals surface area (Å²) < 4.78 is 10.6. The number of Topliss-reactive ketones (excluding diaryl/α,β-unsaturated/α-hetero) is 1. The Bertz CT molecular complexity index is 200. The summed E-state index contributed by atoms with van der Waals surface area (Å²) in [5.74, 6) is -0.677. The summed E-state index contributed by atoms with van der Waals surface area (Å²) in [6, 6.07) is 0. The van der Waals surface area contributed by atoms with Gasteiger partial charge in [-0.3, -0.25) is 4.79 Å². The molecule has 1 unspecified atom stereocenters. The van der Waals surface area contributed by atoms with Crippen LogP contribution in [0.1, 0.15) is 27.2 Å². The lowest BCUT2D eigenvalue weighted by Gasteiger charge is -2.19. The molecule has 1 fully saturated rings. The number of rotatable bonds is 3. The van der Waals surface area contributed by atoms with Crippen LogP contribution in [0.15, 0.2) is 0 Å². The number of aliphatic hydroxyl groups is 1. The van der Waals surface area contributed by atoms with Crippen LogP contribution in [0.25, 0.3) is 0 Å². The summed E-state index contributed by atoms with van der Waals surface area (Å²) in [5, 5.41) is 9.53. The number of ketones is 1. The molecule has 0 aromatic carbocycles. The van der Waals surface area contributed by atoms with E-state index in [1.54, 1.807) is 13.8 Å². The van der Waals surface area contributed by atoms with Gasteiger partial charge in [0, 0.05) is 6.42 Å². The third kappa shape index (κ3) is 3.06. The van der Waals surface area contributed by atoms with Crippen molar-refractivity contribution in [2.24, 2.45) is 0 Å². The maximum atomic E-state index is 10.7. The van der Waals surface area contributed by atoms with Crippen LogP contribution in [0.2, 0.25) is 0 Å². The highest BCUT2D eigenvalue weighted by Crippen LogP contribution is 2.24. The van der Waals surface area contributed by atoms with Gasteiger partial charge in [-0.2, -0.15) is 0 Å². The Morgan fingerprint density at radius 3 is 2.69 bits per heavy atom. The zero-order valence-corrected chi connectivity index (χ0v) is 8.24. The normalized spacial score (nSPS) is 28.8. The van der Waals surface area contributed by atoms with Crippen molar-refractivity contribution in [1.29, 1.82) is 0 Å². The van der Waals surface area contributed by atoms with Gasteiger partial charge in [-0.1, -0.05) is 0 Å². The van der Waals surface area contributed by atoms with E-state index in [-0.39, 0.29) is 18.3 Å². The predicted octanol–water partition coefficient (Wildman–Crippen LogP) is 0.478. The van der Waals surface area contributed by atoms with Crippen molar-refractivity contribution in [1.82, 2.24) is 0 Å². The Balaban J connectivity index is 2.42. The lowest BCUT2D eigenvalue weighted by atomic mass is 10.1. The molecule has 0 radical (unpaired) electrons. The highest BCUT2D eigenvalue weighted by atomic mass is 16.7. The van der Waals surface area contributed by atoms with Crippen LogP contribution in [0.3, 0.4) is 0 Å². The van der Waals surface area contributed by atoms with Crippen molar-refractivity contribution >= 4 is 5.78 Å². The molecule has 0 aromatic heterocycles. The summed E-state index contributed by atoms with van der Waals surface area (Å²) in [6.45, 7) is 5.37. The van der Waals surface area contributed by atoms with E-state index in [0.717, 1.165) is 0 Å². The number of hydrogen-bond donors (Lipinski definition) is 1. The molecule has 4 nitrogen and oxygen atoms in total. The zero-order valence-electron chi connectivity index (χ0n) is 8.24. The van der Waals surface area contributed by atoms with Gasteiger partial charge in [0.15, 0.2) is 5.79 Å². The molecule has 0 spiro atoms. The Morgan fingerprint density at radius 1 is 1.69 bits per heavy atom. The fourth-order valence-corrected chi connectivity index (χ4v) is 1.33. The largest absolute Gasteiger partial charge is 0.390 e. The minimum Gasteiger partial charge on any atom is -0.390 e. The van der Waals surface area contributed by atoms with Crippen LogP contribution >= 0.6 is 0 Å². The standard InChI is InChI=1S/C9H16O4/c1-6(10)4-7(11)8-5-12-9(2,3)13-8/h7-8,11H,4-5H2,1-3H3/t7?,8-/m1/s1. The van der Waals surface area contributed by atoms with Gasteiger partial charge in [-0.15, -0.1) is 0 Å². The monoisotopic (exact) mass is 188 g/mol. The fraction of sp³-hybridized carbons (Fsp3) is 0.889. The van der Waals surface area contributed by atoms with Gasteiger partial charge in [0.1, 0.15) is 11.9 Å². The Kier molecular flexibility index (Phi) is 3.05. The number of hydrogen-bond acceptors (Lipinski definition) is 4. The first-order valence-electron chi connectivity index (χ1n) is 4.40. The van der Waals surface area contributed by atoms with Crippen molar-refractivity contribution in [3.8, 4) is 0 Å². The molecule has 0 aliphatic carbocycles. The molecule has 0 saturated carbocycles. The van der Waals surface area contributed by atoms with Gasteiger partial charge in [0.25, 0.3) is 0 Å². The molecule has 1 rings (SSSR count). The van der Waals surface area contributed by atoms with Gasteiger partial charge in [0.2, 0.25) is 0 Å². The summed E-state index contributed by atoms with van der Waals surface area (Å²) in [4.78, 5) is 10.7. The molecule has 1 saturated heterocycles. The molecule has 1 aliphatic heterocycles. The molecule has 2 atom stereocenters. The van der Waals surface area contributed by atoms with Gasteiger partial charge in [0.05, 0.1) is 12.7 Å². The first-order chi connectivity index (χ1) is 5.91. The summed E-state index contributed by atoms with van der Waals surface area (Å²) in [5.41, 5.74) is 0. The summed E-state index contributed by atoms with van der Waals surface area (Å²) in [7, 11) is 0. The second-order valence-electron chi connectivity index (χ2n) is 3.84. The molecule has 76 valence electrons. The second-order valence-corrected chi connectivity index (χ2v) is 3.84. The molecule has 0 bridgehead atoms. The van der Waals surface area contributed by atoms with E-state index in [0.29, 0.717) is 6.61 Å². The molecule has 1 aliphatic rings.